The second-order valence-electron chi connectivity index (χ2n) is 6.83. The number of benzene rings is 2. The van der Waals surface area contributed by atoms with Crippen molar-refractivity contribution in [2.75, 3.05) is 22.4 Å². The molecular weight excluding hydrogens is 463 g/mol. The topological polar surface area (TPSA) is 93.4 Å². The average Bonchev–Trinajstić information content (AvgIpc) is 2.91. The Labute approximate surface area is 189 Å². The van der Waals surface area contributed by atoms with Gasteiger partial charge in [-0.1, -0.05) is 47.5 Å². The Hall–Kier alpha value is -2.75. The molecule has 1 amide bonds. The summed E-state index contributed by atoms with van der Waals surface area (Å²) >= 11 is 12.1. The van der Waals surface area contributed by atoms with Gasteiger partial charge in [-0.25, -0.2) is 13.1 Å². The molecule has 0 aliphatic rings. The molecular formula is C20H20Cl2N4O4S. The molecule has 3 aromatic rings. The average molecular weight is 483 g/mol. The van der Waals surface area contributed by atoms with E-state index in [1.807, 2.05) is 6.07 Å². The molecule has 11 heteroatoms. The molecule has 0 bridgehead atoms. The van der Waals surface area contributed by atoms with Crippen LogP contribution in [0.25, 0.3) is 5.69 Å². The van der Waals surface area contributed by atoms with E-state index in [0.717, 1.165) is 10.6 Å². The zero-order valence-electron chi connectivity index (χ0n) is 17.0. The summed E-state index contributed by atoms with van der Waals surface area (Å²) in [5.41, 5.74) is 0.822. The Balaban J connectivity index is 1.94. The molecule has 0 saturated heterocycles. The van der Waals surface area contributed by atoms with Gasteiger partial charge in [-0.2, -0.15) is 0 Å². The number of sulfonamides is 1. The van der Waals surface area contributed by atoms with E-state index >= 15 is 0 Å². The molecule has 8 nitrogen and oxygen atoms in total. The lowest BCUT2D eigenvalue weighted by atomic mass is 10.3. The Kier molecular flexibility index (Phi) is 6.49. The maximum Gasteiger partial charge on any atom is 0.295 e. The number of hydrogen-bond acceptors (Lipinski definition) is 4. The molecule has 3 rings (SSSR count). The highest BCUT2D eigenvalue weighted by Crippen LogP contribution is 2.33. The van der Waals surface area contributed by atoms with Crippen LogP contribution in [-0.4, -0.2) is 36.5 Å². The number of aromatic nitrogens is 2. The summed E-state index contributed by atoms with van der Waals surface area (Å²) in [5.74, 6) is -0.701. The van der Waals surface area contributed by atoms with Crippen LogP contribution in [0.1, 0.15) is 5.69 Å². The van der Waals surface area contributed by atoms with Crippen molar-refractivity contribution in [3.8, 4) is 5.69 Å². The molecule has 0 saturated carbocycles. The number of carbonyl (C=O) groups excluding carboxylic acids is 1. The fourth-order valence-electron chi connectivity index (χ4n) is 3.09. The molecule has 164 valence electrons. The molecule has 31 heavy (non-hydrogen) atoms. The van der Waals surface area contributed by atoms with Crippen LogP contribution in [0.3, 0.4) is 0 Å². The second kappa shape index (κ2) is 8.78. The van der Waals surface area contributed by atoms with Gasteiger partial charge in [0.25, 0.3) is 5.56 Å². The van der Waals surface area contributed by atoms with Crippen LogP contribution in [0.2, 0.25) is 10.0 Å². The summed E-state index contributed by atoms with van der Waals surface area (Å²) in [6.07, 6.45) is 0.952. The quantitative estimate of drug-likeness (QED) is 0.583. The van der Waals surface area contributed by atoms with Gasteiger partial charge in [0.05, 0.1) is 33.4 Å². The Morgan fingerprint density at radius 2 is 1.74 bits per heavy atom. The van der Waals surface area contributed by atoms with Gasteiger partial charge in [-0.05, 0) is 31.2 Å². The number of nitrogens with zero attached hydrogens (tertiary/aromatic N) is 3. The van der Waals surface area contributed by atoms with Crippen LogP contribution in [0.15, 0.2) is 53.3 Å². The standard InChI is InChI=1S/C20H20Cl2N4O4S/c1-13-19(20(28)26(24(13)2)14-8-5-4-6-9-14)23-17(27)12-25(31(3,29)30)16-11-7-10-15(21)18(16)22/h4-11H,12H2,1-3H3,(H,23,27). The maximum absolute atomic E-state index is 13.0. The molecule has 1 aromatic heterocycles. The Morgan fingerprint density at radius 3 is 2.35 bits per heavy atom. The zero-order chi connectivity index (χ0) is 22.9. The third kappa shape index (κ3) is 4.63. The number of nitrogens with one attached hydrogen (secondary N) is 1. The number of carbonyl (C=O) groups is 1. The van der Waals surface area contributed by atoms with Gasteiger partial charge in [0.15, 0.2) is 0 Å². The molecule has 1 heterocycles. The van der Waals surface area contributed by atoms with E-state index in [2.05, 4.69) is 5.32 Å². The molecule has 0 atom stereocenters. The molecule has 0 unspecified atom stereocenters. The van der Waals surface area contributed by atoms with Crippen molar-refractivity contribution in [3.05, 3.63) is 74.6 Å². The minimum Gasteiger partial charge on any atom is -0.318 e. The minimum absolute atomic E-state index is 0.00437. The predicted octanol–water partition coefficient (Wildman–Crippen LogP) is 3.20. The molecule has 0 aliphatic heterocycles. The maximum atomic E-state index is 13.0. The van der Waals surface area contributed by atoms with Crippen LogP contribution < -0.4 is 15.2 Å². The van der Waals surface area contributed by atoms with E-state index in [1.165, 1.54) is 22.9 Å². The van der Waals surface area contributed by atoms with E-state index in [9.17, 15) is 18.0 Å². The van der Waals surface area contributed by atoms with Gasteiger partial charge in [-0.3, -0.25) is 18.6 Å². The van der Waals surface area contributed by atoms with E-state index in [0.29, 0.717) is 11.4 Å². The summed E-state index contributed by atoms with van der Waals surface area (Å²) < 4.78 is 28.5. The summed E-state index contributed by atoms with van der Waals surface area (Å²) in [4.78, 5) is 25.7. The number of amides is 1. The van der Waals surface area contributed by atoms with Crippen LogP contribution in [0.4, 0.5) is 11.4 Å². The highest BCUT2D eigenvalue weighted by atomic mass is 35.5. The molecule has 0 radical (unpaired) electrons. The summed E-state index contributed by atoms with van der Waals surface area (Å²) in [6, 6.07) is 13.4. The first-order chi connectivity index (χ1) is 14.5. The molecule has 0 spiro atoms. The van der Waals surface area contributed by atoms with Crippen molar-refractivity contribution >= 4 is 50.5 Å². The first-order valence-corrected chi connectivity index (χ1v) is 11.7. The van der Waals surface area contributed by atoms with Crippen molar-refractivity contribution in [1.82, 2.24) is 9.36 Å². The SMILES string of the molecule is Cc1c(NC(=O)CN(c2cccc(Cl)c2Cl)S(C)(=O)=O)c(=O)n(-c2ccccc2)n1C. The van der Waals surface area contributed by atoms with Crippen LogP contribution in [0, 0.1) is 6.92 Å². The van der Waals surface area contributed by atoms with Crippen molar-refractivity contribution in [2.24, 2.45) is 7.05 Å². The van der Waals surface area contributed by atoms with Gasteiger partial charge < -0.3 is 5.32 Å². The highest BCUT2D eigenvalue weighted by molar-refractivity contribution is 7.92. The van der Waals surface area contributed by atoms with E-state index in [4.69, 9.17) is 23.2 Å². The second-order valence-corrected chi connectivity index (χ2v) is 9.52. The first kappa shape index (κ1) is 22.9. The fourth-order valence-corrected chi connectivity index (χ4v) is 4.40. The Bertz CT molecular complexity index is 1300. The van der Waals surface area contributed by atoms with Gasteiger partial charge in [0.1, 0.15) is 12.2 Å². The fraction of sp³-hybridized carbons (Fsp3) is 0.200. The van der Waals surface area contributed by atoms with Crippen molar-refractivity contribution in [2.45, 2.75) is 6.92 Å². The van der Waals surface area contributed by atoms with Crippen molar-refractivity contribution < 1.29 is 13.2 Å². The lowest BCUT2D eigenvalue weighted by Gasteiger charge is -2.23. The molecule has 0 fully saturated rings. The summed E-state index contributed by atoms with van der Waals surface area (Å²) in [7, 11) is -2.18. The van der Waals surface area contributed by atoms with Gasteiger partial charge in [0, 0.05) is 7.05 Å². The van der Waals surface area contributed by atoms with E-state index in [-0.39, 0.29) is 21.4 Å². The lowest BCUT2D eigenvalue weighted by molar-refractivity contribution is -0.114. The van der Waals surface area contributed by atoms with E-state index < -0.39 is 28.0 Å². The van der Waals surface area contributed by atoms with Crippen LogP contribution >= 0.6 is 23.2 Å². The highest BCUT2D eigenvalue weighted by Gasteiger charge is 2.25. The number of halogens is 2. The Morgan fingerprint density at radius 1 is 1.10 bits per heavy atom. The summed E-state index contributed by atoms with van der Waals surface area (Å²) in [5, 5.41) is 2.70. The third-order valence-electron chi connectivity index (χ3n) is 4.71. The minimum atomic E-state index is -3.87. The van der Waals surface area contributed by atoms with E-state index in [1.54, 1.807) is 42.9 Å². The van der Waals surface area contributed by atoms with Crippen molar-refractivity contribution in [3.63, 3.8) is 0 Å². The molecule has 2 aromatic carbocycles. The van der Waals surface area contributed by atoms with Gasteiger partial charge >= 0.3 is 0 Å². The lowest BCUT2D eigenvalue weighted by Crippen LogP contribution is -2.38. The van der Waals surface area contributed by atoms with Gasteiger partial charge in [0.2, 0.25) is 15.9 Å². The smallest absolute Gasteiger partial charge is 0.295 e. The molecule has 1 N–H and O–H groups in total. The zero-order valence-corrected chi connectivity index (χ0v) is 19.3. The normalized spacial score (nSPS) is 11.4. The largest absolute Gasteiger partial charge is 0.318 e. The van der Waals surface area contributed by atoms with Gasteiger partial charge in [-0.15, -0.1) is 0 Å². The predicted molar refractivity (Wildman–Crippen MR) is 123 cm³/mol. The molecule has 0 aliphatic carbocycles. The summed E-state index contributed by atoms with van der Waals surface area (Å²) in [6.45, 7) is 1.09. The van der Waals surface area contributed by atoms with Crippen LogP contribution in [0.5, 0.6) is 0 Å². The number of hydrogen-bond donors (Lipinski definition) is 1. The van der Waals surface area contributed by atoms with Crippen molar-refractivity contribution in [1.29, 1.82) is 0 Å². The number of rotatable bonds is 6. The third-order valence-corrected chi connectivity index (χ3v) is 6.64. The number of para-hydroxylation sites is 1. The first-order valence-electron chi connectivity index (χ1n) is 9.08. The number of anilines is 2. The van der Waals surface area contributed by atoms with Crippen LogP contribution in [-0.2, 0) is 21.9 Å². The monoisotopic (exact) mass is 482 g/mol.